The summed E-state index contributed by atoms with van der Waals surface area (Å²) in [5, 5.41) is 6.53. The fourth-order valence-electron chi connectivity index (χ4n) is 4.08. The molecule has 0 aliphatic heterocycles. The molecule has 2 aromatic carbocycles. The van der Waals surface area contributed by atoms with Gasteiger partial charge in [-0.2, -0.15) is 0 Å². The number of hydrogen-bond acceptors (Lipinski definition) is 7. The number of amides is 2. The van der Waals surface area contributed by atoms with Crippen LogP contribution in [0.4, 0.5) is 16.3 Å². The quantitative estimate of drug-likeness (QED) is 0.209. The highest BCUT2D eigenvalue weighted by atomic mass is 16.5. The van der Waals surface area contributed by atoms with Gasteiger partial charge in [0, 0.05) is 46.7 Å². The molecule has 204 valence electrons. The van der Waals surface area contributed by atoms with Gasteiger partial charge in [-0.3, -0.25) is 15.3 Å². The predicted octanol–water partition coefficient (Wildman–Crippen LogP) is 6.77. The highest BCUT2D eigenvalue weighted by molar-refractivity contribution is 6.01. The molecule has 0 unspecified atom stereocenters. The normalized spacial score (nSPS) is 11.2. The highest BCUT2D eigenvalue weighted by Gasteiger charge is 2.23. The van der Waals surface area contributed by atoms with E-state index in [2.05, 4.69) is 46.4 Å². The third-order valence-corrected chi connectivity index (χ3v) is 6.15. The molecule has 10 nitrogen and oxygen atoms in total. The minimum absolute atomic E-state index is 0.231. The first-order chi connectivity index (χ1) is 19.2. The van der Waals surface area contributed by atoms with E-state index in [4.69, 9.17) is 19.2 Å². The summed E-state index contributed by atoms with van der Waals surface area (Å²) in [7, 11) is 3.16. The van der Waals surface area contributed by atoms with E-state index < -0.39 is 6.03 Å². The van der Waals surface area contributed by atoms with Crippen LogP contribution >= 0.6 is 0 Å². The molecular weight excluding hydrogens is 508 g/mol. The summed E-state index contributed by atoms with van der Waals surface area (Å²) in [5.74, 6) is 3.64. The van der Waals surface area contributed by atoms with Crippen LogP contribution in [0.25, 0.3) is 22.2 Å². The Morgan fingerprint density at radius 2 is 1.55 bits per heavy atom. The van der Waals surface area contributed by atoms with Crippen LogP contribution < -0.4 is 24.8 Å². The first kappa shape index (κ1) is 26.5. The van der Waals surface area contributed by atoms with Crippen LogP contribution in [0.5, 0.6) is 23.0 Å². The van der Waals surface area contributed by atoms with Gasteiger partial charge in [0.2, 0.25) is 0 Å². The Morgan fingerprint density at radius 3 is 2.23 bits per heavy atom. The number of aromatic amines is 1. The number of methoxy groups -OCH3 is 2. The van der Waals surface area contributed by atoms with E-state index >= 15 is 0 Å². The molecule has 0 radical (unpaired) electrons. The number of benzene rings is 2. The molecule has 3 aromatic heterocycles. The van der Waals surface area contributed by atoms with Gasteiger partial charge in [0.1, 0.15) is 28.8 Å². The molecule has 0 spiro atoms. The van der Waals surface area contributed by atoms with Crippen LogP contribution in [0.3, 0.4) is 0 Å². The van der Waals surface area contributed by atoms with Gasteiger partial charge in [0.15, 0.2) is 11.5 Å². The number of hydrogen-bond donors (Lipinski definition) is 3. The number of urea groups is 1. The third kappa shape index (κ3) is 5.65. The van der Waals surface area contributed by atoms with Crippen LogP contribution in [0.15, 0.2) is 73.2 Å². The van der Waals surface area contributed by atoms with E-state index in [0.717, 1.165) is 16.8 Å². The van der Waals surface area contributed by atoms with Crippen LogP contribution in [-0.4, -0.2) is 40.2 Å². The average molecular weight is 539 g/mol. The van der Waals surface area contributed by atoms with Crippen molar-refractivity contribution in [3.63, 3.8) is 0 Å². The largest absolute Gasteiger partial charge is 0.493 e. The molecule has 0 bridgehead atoms. The number of carbonyl (C=O) groups is 1. The zero-order valence-electron chi connectivity index (χ0n) is 22.9. The minimum Gasteiger partial charge on any atom is -0.493 e. The number of carbonyl (C=O) groups excluding carboxylic acids is 1. The van der Waals surface area contributed by atoms with Gasteiger partial charge in [0.25, 0.3) is 0 Å². The molecule has 0 aliphatic carbocycles. The van der Waals surface area contributed by atoms with Gasteiger partial charge in [-0.25, -0.2) is 9.78 Å². The number of fused-ring (bicyclic) bond motifs is 1. The number of rotatable bonds is 7. The summed E-state index contributed by atoms with van der Waals surface area (Å²) < 4.78 is 16.9. The smallest absolute Gasteiger partial charge is 0.324 e. The molecule has 0 fully saturated rings. The average Bonchev–Trinajstić information content (AvgIpc) is 3.38. The Labute approximate surface area is 231 Å². The number of imidazole rings is 1. The van der Waals surface area contributed by atoms with Crippen molar-refractivity contribution in [2.75, 3.05) is 24.9 Å². The fourth-order valence-corrected chi connectivity index (χ4v) is 4.08. The molecule has 40 heavy (non-hydrogen) atoms. The predicted molar refractivity (Wildman–Crippen MR) is 155 cm³/mol. The van der Waals surface area contributed by atoms with Crippen molar-refractivity contribution < 1.29 is 19.0 Å². The Kier molecular flexibility index (Phi) is 7.24. The number of H-pyrrole nitrogens is 1. The molecule has 0 atom stereocenters. The van der Waals surface area contributed by atoms with Crippen LogP contribution in [-0.2, 0) is 5.41 Å². The van der Waals surface area contributed by atoms with E-state index in [1.54, 1.807) is 69.2 Å². The molecule has 10 heteroatoms. The highest BCUT2D eigenvalue weighted by Crippen LogP contribution is 2.37. The lowest BCUT2D eigenvalue weighted by atomic mass is 9.96. The fraction of sp³-hybridized carbons (Fsp3) is 0.200. The summed E-state index contributed by atoms with van der Waals surface area (Å²) in [4.78, 5) is 29.4. The molecule has 0 saturated heterocycles. The van der Waals surface area contributed by atoms with Crippen molar-refractivity contribution in [1.82, 2.24) is 19.9 Å². The van der Waals surface area contributed by atoms with Crippen molar-refractivity contribution in [3.8, 4) is 34.3 Å². The van der Waals surface area contributed by atoms with Crippen molar-refractivity contribution in [3.05, 3.63) is 79.0 Å². The Balaban J connectivity index is 1.31. The minimum atomic E-state index is -0.408. The number of anilines is 2. The molecule has 5 aromatic rings. The molecule has 0 saturated carbocycles. The Bertz CT molecular complexity index is 1640. The van der Waals surface area contributed by atoms with Crippen molar-refractivity contribution in [2.45, 2.75) is 26.2 Å². The zero-order valence-corrected chi connectivity index (χ0v) is 22.9. The maximum atomic E-state index is 12.9. The van der Waals surface area contributed by atoms with Crippen LogP contribution in [0, 0.1) is 0 Å². The second kappa shape index (κ2) is 10.9. The first-order valence-electron chi connectivity index (χ1n) is 12.6. The lowest BCUT2D eigenvalue weighted by Crippen LogP contribution is -2.20. The van der Waals surface area contributed by atoms with Crippen molar-refractivity contribution in [1.29, 1.82) is 0 Å². The number of ether oxygens (including phenoxy) is 3. The molecule has 3 N–H and O–H groups in total. The number of nitrogens with one attached hydrogen (secondary N) is 3. The second-order valence-electron chi connectivity index (χ2n) is 10.0. The number of nitrogens with zero attached hydrogens (tertiary/aromatic N) is 3. The van der Waals surface area contributed by atoms with Gasteiger partial charge in [-0.05, 0) is 48.5 Å². The van der Waals surface area contributed by atoms with Gasteiger partial charge in [0.05, 0.1) is 19.7 Å². The number of aromatic nitrogens is 4. The standard InChI is InChI=1S/C30H30N6O4/c1-30(2,3)28-34-26(18-10-13-31-14-11-18)27(35-28)36-29(37)33-19-6-8-20(9-7-19)40-23-12-15-32-22-17-25(39-5)24(38-4)16-21(22)23/h6-17H,1-5H3,(H,34,35)(H2,33,36,37). The number of pyridine rings is 2. The van der Waals surface area contributed by atoms with Gasteiger partial charge < -0.3 is 24.5 Å². The molecule has 5 rings (SSSR count). The summed E-state index contributed by atoms with van der Waals surface area (Å²) in [6.07, 6.45) is 5.05. The topological polar surface area (TPSA) is 123 Å². The first-order valence-corrected chi connectivity index (χ1v) is 12.6. The molecular formula is C30H30N6O4. The molecule has 3 heterocycles. The summed E-state index contributed by atoms with van der Waals surface area (Å²) in [6, 6.07) is 15.8. The lowest BCUT2D eigenvalue weighted by molar-refractivity contribution is 0.262. The van der Waals surface area contributed by atoms with E-state index in [1.165, 1.54) is 0 Å². The van der Waals surface area contributed by atoms with E-state index in [9.17, 15) is 4.79 Å². The summed E-state index contributed by atoms with van der Waals surface area (Å²) in [6.45, 7) is 6.16. The van der Waals surface area contributed by atoms with Crippen LogP contribution in [0.1, 0.15) is 26.6 Å². The Hall–Kier alpha value is -5.12. The van der Waals surface area contributed by atoms with Crippen LogP contribution in [0.2, 0.25) is 0 Å². The zero-order chi connectivity index (χ0) is 28.3. The van der Waals surface area contributed by atoms with E-state index in [-0.39, 0.29) is 5.41 Å². The maximum absolute atomic E-state index is 12.9. The lowest BCUT2D eigenvalue weighted by Gasteiger charge is -2.14. The van der Waals surface area contributed by atoms with Crippen molar-refractivity contribution >= 4 is 28.4 Å². The van der Waals surface area contributed by atoms with Crippen molar-refractivity contribution in [2.24, 2.45) is 0 Å². The van der Waals surface area contributed by atoms with Gasteiger partial charge >= 0.3 is 6.03 Å². The van der Waals surface area contributed by atoms with E-state index in [0.29, 0.717) is 45.7 Å². The molecule has 2 amide bonds. The molecule has 0 aliphatic rings. The third-order valence-electron chi connectivity index (χ3n) is 6.15. The Morgan fingerprint density at radius 1 is 0.850 bits per heavy atom. The summed E-state index contributed by atoms with van der Waals surface area (Å²) in [5.41, 5.74) is 2.57. The van der Waals surface area contributed by atoms with Gasteiger partial charge in [-0.1, -0.05) is 20.8 Å². The second-order valence-corrected chi connectivity index (χ2v) is 10.0. The maximum Gasteiger partial charge on any atom is 0.324 e. The van der Waals surface area contributed by atoms with E-state index in [1.807, 2.05) is 18.2 Å². The summed E-state index contributed by atoms with van der Waals surface area (Å²) >= 11 is 0. The SMILES string of the molecule is COc1cc2nccc(Oc3ccc(NC(=O)Nc4[nH]c(C(C)(C)C)nc4-c4ccncc4)cc3)c2cc1OC. The van der Waals surface area contributed by atoms with Gasteiger partial charge in [-0.15, -0.1) is 0 Å². The monoisotopic (exact) mass is 538 g/mol.